The number of rotatable bonds is 0. The summed E-state index contributed by atoms with van der Waals surface area (Å²) < 4.78 is 0. The van der Waals surface area contributed by atoms with Gasteiger partial charge in [0.15, 0.2) is 0 Å². The van der Waals surface area contributed by atoms with Gasteiger partial charge in [0.2, 0.25) is 0 Å². The maximum absolute atomic E-state index is 2.44. The van der Waals surface area contributed by atoms with E-state index < -0.39 is 0 Å². The van der Waals surface area contributed by atoms with Gasteiger partial charge in [0.05, 0.1) is 0 Å². The third kappa shape index (κ3) is 1.98. The van der Waals surface area contributed by atoms with E-state index in [1.54, 1.807) is 0 Å². The molecule has 0 heterocycles. The monoisotopic (exact) mass is 402 g/mol. The molecule has 0 radical (unpaired) electrons. The predicted molar refractivity (Wildman–Crippen MR) is 138 cm³/mol. The van der Waals surface area contributed by atoms with E-state index in [2.05, 4.69) is 109 Å². The second kappa shape index (κ2) is 5.75. The Labute approximate surface area is 185 Å². The van der Waals surface area contributed by atoms with Crippen LogP contribution in [0.2, 0.25) is 0 Å². The summed E-state index contributed by atoms with van der Waals surface area (Å²) in [7, 11) is 0. The number of hydrogen-bond donors (Lipinski definition) is 0. The molecule has 0 saturated carbocycles. The van der Waals surface area contributed by atoms with Gasteiger partial charge in [-0.1, -0.05) is 91.0 Å². The average molecular weight is 402 g/mol. The lowest BCUT2D eigenvalue weighted by Crippen LogP contribution is -1.83. The van der Waals surface area contributed by atoms with Crippen molar-refractivity contribution in [2.24, 2.45) is 0 Å². The summed E-state index contributed by atoms with van der Waals surface area (Å²) in [6.45, 7) is 0. The molecule has 0 aliphatic heterocycles. The van der Waals surface area contributed by atoms with Crippen molar-refractivity contribution < 1.29 is 0 Å². The summed E-state index contributed by atoms with van der Waals surface area (Å²) in [6, 6.07) is 40.6. The van der Waals surface area contributed by atoms with E-state index in [9.17, 15) is 0 Å². The van der Waals surface area contributed by atoms with Gasteiger partial charge in [0.25, 0.3) is 0 Å². The number of fused-ring (bicyclic) bond motifs is 10. The summed E-state index contributed by atoms with van der Waals surface area (Å²) in [5.74, 6) is 0. The molecule has 7 aromatic carbocycles. The second-order valence-corrected chi connectivity index (χ2v) is 8.94. The summed E-state index contributed by atoms with van der Waals surface area (Å²) in [5.41, 5.74) is 5.44. The average Bonchev–Trinajstić information content (AvgIpc) is 3.16. The lowest BCUT2D eigenvalue weighted by atomic mass is 9.93. The molecule has 0 unspecified atom stereocenters. The molecular weight excluding hydrogens is 384 g/mol. The smallest absolute Gasteiger partial charge is 0.00199 e. The van der Waals surface area contributed by atoms with E-state index in [4.69, 9.17) is 0 Å². The van der Waals surface area contributed by atoms with Crippen LogP contribution in [0.3, 0.4) is 0 Å². The highest BCUT2D eigenvalue weighted by atomic mass is 14.3. The van der Waals surface area contributed by atoms with Crippen LogP contribution in [-0.4, -0.2) is 0 Å². The van der Waals surface area contributed by atoms with Crippen LogP contribution in [0.15, 0.2) is 109 Å². The van der Waals surface area contributed by atoms with E-state index >= 15 is 0 Å². The fourth-order valence-corrected chi connectivity index (χ4v) is 5.92. The van der Waals surface area contributed by atoms with E-state index in [1.807, 2.05) is 0 Å². The minimum absolute atomic E-state index is 1.30. The lowest BCUT2D eigenvalue weighted by Gasteiger charge is -2.11. The van der Waals surface area contributed by atoms with Crippen molar-refractivity contribution >= 4 is 53.9 Å². The molecule has 1 aliphatic rings. The molecule has 0 aromatic heterocycles. The van der Waals surface area contributed by atoms with Crippen LogP contribution < -0.4 is 0 Å². The van der Waals surface area contributed by atoms with Gasteiger partial charge in [0, 0.05) is 0 Å². The lowest BCUT2D eigenvalue weighted by molar-refractivity contribution is 1.75. The van der Waals surface area contributed by atoms with E-state index in [-0.39, 0.29) is 0 Å². The predicted octanol–water partition coefficient (Wildman–Crippen LogP) is 9.10. The second-order valence-electron chi connectivity index (χ2n) is 8.94. The van der Waals surface area contributed by atoms with Crippen LogP contribution in [-0.2, 0) is 0 Å². The first kappa shape index (κ1) is 16.5. The van der Waals surface area contributed by atoms with Crippen LogP contribution in [0.25, 0.3) is 76.1 Å². The molecule has 0 bridgehead atoms. The van der Waals surface area contributed by atoms with Crippen LogP contribution in [0, 0.1) is 0 Å². The largest absolute Gasteiger partial charge is 0.0616 e. The zero-order valence-corrected chi connectivity index (χ0v) is 17.4. The third-order valence-corrected chi connectivity index (χ3v) is 7.35. The molecule has 146 valence electrons. The minimum atomic E-state index is 1.30. The molecule has 0 nitrogen and oxygen atoms in total. The Morgan fingerprint density at radius 1 is 0.281 bits per heavy atom. The molecule has 0 amide bonds. The summed E-state index contributed by atoms with van der Waals surface area (Å²) in [5, 5.41) is 13.3. The Balaban J connectivity index is 1.54. The van der Waals surface area contributed by atoms with E-state index in [0.717, 1.165) is 0 Å². The normalized spacial score (nSPS) is 12.4. The molecular formula is C32H18. The zero-order chi connectivity index (χ0) is 20.8. The Bertz CT molecular complexity index is 1920. The van der Waals surface area contributed by atoms with Gasteiger partial charge >= 0.3 is 0 Å². The topological polar surface area (TPSA) is 0 Å². The zero-order valence-electron chi connectivity index (χ0n) is 17.4. The van der Waals surface area contributed by atoms with Gasteiger partial charge < -0.3 is 0 Å². The van der Waals surface area contributed by atoms with Crippen molar-refractivity contribution in [2.75, 3.05) is 0 Å². The first-order chi connectivity index (χ1) is 15.9. The Kier molecular flexibility index (Phi) is 2.97. The van der Waals surface area contributed by atoms with Crippen molar-refractivity contribution in [3.63, 3.8) is 0 Å². The van der Waals surface area contributed by atoms with E-state index in [0.29, 0.717) is 0 Å². The molecule has 0 N–H and O–H groups in total. The maximum Gasteiger partial charge on any atom is -0.00199 e. The van der Waals surface area contributed by atoms with Gasteiger partial charge in [-0.05, 0) is 94.3 Å². The molecule has 32 heavy (non-hydrogen) atoms. The van der Waals surface area contributed by atoms with Crippen molar-refractivity contribution in [3.05, 3.63) is 109 Å². The summed E-state index contributed by atoms with van der Waals surface area (Å²) >= 11 is 0. The third-order valence-electron chi connectivity index (χ3n) is 7.35. The molecule has 0 saturated heterocycles. The Morgan fingerprint density at radius 2 is 0.875 bits per heavy atom. The number of hydrogen-bond acceptors (Lipinski definition) is 0. The minimum Gasteiger partial charge on any atom is -0.0616 e. The summed E-state index contributed by atoms with van der Waals surface area (Å²) in [4.78, 5) is 0. The van der Waals surface area contributed by atoms with Crippen LogP contribution in [0.4, 0.5) is 0 Å². The van der Waals surface area contributed by atoms with Crippen LogP contribution >= 0.6 is 0 Å². The van der Waals surface area contributed by atoms with Crippen molar-refractivity contribution in [1.82, 2.24) is 0 Å². The van der Waals surface area contributed by atoms with Gasteiger partial charge in [-0.3, -0.25) is 0 Å². The molecule has 7 aromatic rings. The number of benzene rings is 7. The molecule has 0 heteroatoms. The molecule has 1 aliphatic carbocycles. The Hall–Kier alpha value is -4.16. The highest BCUT2D eigenvalue weighted by Gasteiger charge is 2.23. The van der Waals surface area contributed by atoms with Gasteiger partial charge in [-0.2, -0.15) is 0 Å². The highest BCUT2D eigenvalue weighted by molar-refractivity contribution is 6.26. The SMILES string of the molecule is c1ccc2c(c1)cc1c3c(cccc32)-c2cc3ccc4c5ccccc5ccc4c3cc2-1. The Morgan fingerprint density at radius 3 is 1.75 bits per heavy atom. The fraction of sp³-hybridized carbons (Fsp3) is 0. The fourth-order valence-electron chi connectivity index (χ4n) is 5.92. The molecule has 0 fully saturated rings. The quantitative estimate of drug-likeness (QED) is 0.222. The first-order valence-corrected chi connectivity index (χ1v) is 11.2. The maximum atomic E-state index is 2.44. The van der Waals surface area contributed by atoms with Gasteiger partial charge in [-0.25, -0.2) is 0 Å². The van der Waals surface area contributed by atoms with Crippen molar-refractivity contribution in [1.29, 1.82) is 0 Å². The van der Waals surface area contributed by atoms with E-state index in [1.165, 1.54) is 76.1 Å². The molecule has 8 rings (SSSR count). The summed E-state index contributed by atoms with van der Waals surface area (Å²) in [6.07, 6.45) is 0. The highest BCUT2D eigenvalue weighted by Crippen LogP contribution is 2.51. The van der Waals surface area contributed by atoms with Crippen LogP contribution in [0.1, 0.15) is 0 Å². The van der Waals surface area contributed by atoms with Gasteiger partial charge in [-0.15, -0.1) is 0 Å². The van der Waals surface area contributed by atoms with Crippen LogP contribution in [0.5, 0.6) is 0 Å². The first-order valence-electron chi connectivity index (χ1n) is 11.2. The standard InChI is InChI=1S/C32H18/c1-3-8-22-19(6-1)12-14-25-24(22)15-13-21-16-29-27-11-5-10-26-23-9-4-2-7-20(23)17-31(32(26)27)30(29)18-28(21)25/h1-18H. The van der Waals surface area contributed by atoms with Crippen molar-refractivity contribution in [3.8, 4) is 22.3 Å². The molecule has 0 atom stereocenters. The van der Waals surface area contributed by atoms with Crippen molar-refractivity contribution in [2.45, 2.75) is 0 Å². The van der Waals surface area contributed by atoms with Gasteiger partial charge in [0.1, 0.15) is 0 Å². The molecule has 0 spiro atoms.